The van der Waals surface area contributed by atoms with Crippen molar-refractivity contribution < 1.29 is 14.3 Å². The van der Waals surface area contributed by atoms with Gasteiger partial charge in [-0.1, -0.05) is 13.8 Å². The zero-order valence-electron chi connectivity index (χ0n) is 15.0. The SMILES string of the molecule is CC(C)c1nsc(NC(=O)C2CCCCN2C(=O)OC(C)(C)C)n1. The summed E-state index contributed by atoms with van der Waals surface area (Å²) in [6, 6.07) is -0.528. The van der Waals surface area contributed by atoms with Crippen molar-refractivity contribution in [3.63, 3.8) is 0 Å². The van der Waals surface area contributed by atoms with Gasteiger partial charge in [0.15, 0.2) is 0 Å². The van der Waals surface area contributed by atoms with Crippen molar-refractivity contribution >= 4 is 28.7 Å². The second-order valence-corrected chi connectivity index (χ2v) is 8.04. The highest BCUT2D eigenvalue weighted by atomic mass is 32.1. The number of hydrogen-bond donors (Lipinski definition) is 1. The summed E-state index contributed by atoms with van der Waals surface area (Å²) in [5, 5.41) is 3.26. The molecular weight excluding hydrogens is 328 g/mol. The molecule has 2 heterocycles. The van der Waals surface area contributed by atoms with Crippen LogP contribution in [0.15, 0.2) is 0 Å². The fourth-order valence-corrected chi connectivity index (χ4v) is 3.16. The normalized spacial score (nSPS) is 18.6. The Kier molecular flexibility index (Phi) is 5.79. The average molecular weight is 354 g/mol. The lowest BCUT2D eigenvalue weighted by Gasteiger charge is -2.35. The molecule has 0 saturated carbocycles. The van der Waals surface area contributed by atoms with Gasteiger partial charge in [0.25, 0.3) is 0 Å². The summed E-state index contributed by atoms with van der Waals surface area (Å²) < 4.78 is 9.65. The van der Waals surface area contributed by atoms with Gasteiger partial charge in [0.1, 0.15) is 17.5 Å². The van der Waals surface area contributed by atoms with Gasteiger partial charge in [0, 0.05) is 24.0 Å². The summed E-state index contributed by atoms with van der Waals surface area (Å²) in [6.07, 6.45) is 1.97. The summed E-state index contributed by atoms with van der Waals surface area (Å²) in [5.41, 5.74) is -0.582. The van der Waals surface area contributed by atoms with Gasteiger partial charge < -0.3 is 4.74 Å². The molecule has 0 radical (unpaired) electrons. The Morgan fingerprint density at radius 1 is 1.33 bits per heavy atom. The number of nitrogens with one attached hydrogen (secondary N) is 1. The molecule has 24 heavy (non-hydrogen) atoms. The molecule has 1 aromatic rings. The number of nitrogens with zero attached hydrogens (tertiary/aromatic N) is 3. The van der Waals surface area contributed by atoms with Crippen LogP contribution in [0.5, 0.6) is 0 Å². The second-order valence-electron chi connectivity index (χ2n) is 7.29. The highest BCUT2D eigenvalue weighted by Crippen LogP contribution is 2.23. The molecule has 1 aliphatic heterocycles. The molecule has 134 valence electrons. The minimum Gasteiger partial charge on any atom is -0.444 e. The summed E-state index contributed by atoms with van der Waals surface area (Å²) in [5.74, 6) is 0.690. The van der Waals surface area contributed by atoms with Crippen LogP contribution in [0.4, 0.5) is 9.93 Å². The van der Waals surface area contributed by atoms with E-state index < -0.39 is 17.7 Å². The molecule has 2 amide bonds. The molecule has 7 nitrogen and oxygen atoms in total. The van der Waals surface area contributed by atoms with E-state index in [4.69, 9.17) is 4.74 Å². The maximum atomic E-state index is 12.6. The van der Waals surface area contributed by atoms with Crippen LogP contribution < -0.4 is 5.32 Å². The van der Waals surface area contributed by atoms with Crippen LogP contribution in [0.25, 0.3) is 0 Å². The Bertz CT molecular complexity index is 594. The molecular formula is C16H26N4O3S. The van der Waals surface area contributed by atoms with Crippen LogP contribution in [0.3, 0.4) is 0 Å². The molecule has 1 unspecified atom stereocenters. The first-order valence-electron chi connectivity index (χ1n) is 8.31. The molecule has 0 aliphatic carbocycles. The van der Waals surface area contributed by atoms with Crippen molar-refractivity contribution in [2.75, 3.05) is 11.9 Å². The van der Waals surface area contributed by atoms with Gasteiger partial charge in [-0.3, -0.25) is 15.0 Å². The van der Waals surface area contributed by atoms with Crippen LogP contribution in [0.2, 0.25) is 0 Å². The monoisotopic (exact) mass is 354 g/mol. The Labute approximate surface area is 147 Å². The van der Waals surface area contributed by atoms with Crippen LogP contribution in [0, 0.1) is 0 Å². The number of likely N-dealkylation sites (tertiary alicyclic amines) is 1. The van der Waals surface area contributed by atoms with Gasteiger partial charge in [0.2, 0.25) is 11.0 Å². The Morgan fingerprint density at radius 3 is 2.62 bits per heavy atom. The third-order valence-electron chi connectivity index (χ3n) is 3.62. The third kappa shape index (κ3) is 4.90. The molecule has 0 bridgehead atoms. The number of amides is 2. The number of hydrogen-bond acceptors (Lipinski definition) is 6. The number of anilines is 1. The van der Waals surface area contributed by atoms with Gasteiger partial charge >= 0.3 is 6.09 Å². The molecule has 8 heteroatoms. The zero-order chi connectivity index (χ0) is 17.9. The van der Waals surface area contributed by atoms with E-state index in [1.807, 2.05) is 34.6 Å². The molecule has 0 spiro atoms. The lowest BCUT2D eigenvalue weighted by molar-refractivity contribution is -0.122. The zero-order valence-corrected chi connectivity index (χ0v) is 15.8. The fourth-order valence-electron chi connectivity index (χ4n) is 2.45. The number of piperidine rings is 1. The second kappa shape index (κ2) is 7.46. The number of carbonyl (C=O) groups excluding carboxylic acids is 2. The fraction of sp³-hybridized carbons (Fsp3) is 0.750. The highest BCUT2D eigenvalue weighted by molar-refractivity contribution is 7.09. The molecule has 1 fully saturated rings. The van der Waals surface area contributed by atoms with Gasteiger partial charge in [0.05, 0.1) is 0 Å². The van der Waals surface area contributed by atoms with Crippen LogP contribution >= 0.6 is 11.5 Å². The molecule has 2 rings (SSSR count). The van der Waals surface area contributed by atoms with E-state index in [2.05, 4.69) is 14.7 Å². The highest BCUT2D eigenvalue weighted by Gasteiger charge is 2.35. The smallest absolute Gasteiger partial charge is 0.410 e. The molecule has 1 atom stereocenters. The molecule has 1 aromatic heterocycles. The summed E-state index contributed by atoms with van der Waals surface area (Å²) >= 11 is 1.16. The minimum absolute atomic E-state index is 0.208. The standard InChI is InChI=1S/C16H26N4O3S/c1-10(2)12-17-14(24-19-12)18-13(21)11-8-6-7-9-20(11)15(22)23-16(3,4)5/h10-11H,6-9H2,1-5H3,(H,17,18,19,21). The van der Waals surface area contributed by atoms with Gasteiger partial charge in [-0.05, 0) is 40.0 Å². The Hall–Kier alpha value is -1.70. The molecule has 0 aromatic carbocycles. The van der Waals surface area contributed by atoms with Crippen molar-refractivity contribution in [1.29, 1.82) is 0 Å². The van der Waals surface area contributed by atoms with Crippen LogP contribution in [0.1, 0.15) is 65.6 Å². The van der Waals surface area contributed by atoms with E-state index in [1.165, 1.54) is 4.90 Å². The lowest BCUT2D eigenvalue weighted by Crippen LogP contribution is -2.51. The van der Waals surface area contributed by atoms with E-state index >= 15 is 0 Å². The first kappa shape index (κ1) is 18.6. The van der Waals surface area contributed by atoms with Gasteiger partial charge in [-0.25, -0.2) is 9.78 Å². The predicted molar refractivity (Wildman–Crippen MR) is 93.2 cm³/mol. The quantitative estimate of drug-likeness (QED) is 0.899. The van der Waals surface area contributed by atoms with Crippen LogP contribution in [-0.2, 0) is 9.53 Å². The van der Waals surface area contributed by atoms with Crippen molar-refractivity contribution in [1.82, 2.24) is 14.3 Å². The number of rotatable bonds is 3. The lowest BCUT2D eigenvalue weighted by atomic mass is 10.0. The van der Waals surface area contributed by atoms with Crippen LogP contribution in [-0.4, -0.2) is 44.4 Å². The first-order valence-corrected chi connectivity index (χ1v) is 9.09. The largest absolute Gasteiger partial charge is 0.444 e. The number of ether oxygens (including phenoxy) is 1. The predicted octanol–water partition coefficient (Wildman–Crippen LogP) is 3.39. The van der Waals surface area contributed by atoms with Gasteiger partial charge in [-0.2, -0.15) is 4.37 Å². The van der Waals surface area contributed by atoms with E-state index in [0.717, 1.165) is 24.4 Å². The molecule has 1 N–H and O–H groups in total. The van der Waals surface area contributed by atoms with Crippen molar-refractivity contribution in [3.8, 4) is 0 Å². The maximum Gasteiger partial charge on any atom is 0.410 e. The molecule has 1 saturated heterocycles. The average Bonchev–Trinajstić information content (AvgIpc) is 2.94. The van der Waals surface area contributed by atoms with E-state index in [1.54, 1.807) is 0 Å². The number of aromatic nitrogens is 2. The topological polar surface area (TPSA) is 84.4 Å². The number of carbonyl (C=O) groups is 2. The van der Waals surface area contributed by atoms with Gasteiger partial charge in [-0.15, -0.1) is 0 Å². The van der Waals surface area contributed by atoms with E-state index in [0.29, 0.717) is 23.9 Å². The summed E-state index contributed by atoms with van der Waals surface area (Å²) in [4.78, 5) is 30.8. The van der Waals surface area contributed by atoms with Crippen molar-refractivity contribution in [3.05, 3.63) is 5.82 Å². The third-order valence-corrected chi connectivity index (χ3v) is 4.27. The minimum atomic E-state index is -0.582. The first-order chi connectivity index (χ1) is 11.2. The molecule has 1 aliphatic rings. The Morgan fingerprint density at radius 2 is 2.04 bits per heavy atom. The van der Waals surface area contributed by atoms with Crippen molar-refractivity contribution in [2.45, 2.75) is 71.4 Å². The van der Waals surface area contributed by atoms with E-state index in [-0.39, 0.29) is 11.8 Å². The summed E-state index contributed by atoms with van der Waals surface area (Å²) in [6.45, 7) is 9.98. The Balaban J connectivity index is 2.05. The van der Waals surface area contributed by atoms with E-state index in [9.17, 15) is 9.59 Å². The van der Waals surface area contributed by atoms with Crippen molar-refractivity contribution in [2.24, 2.45) is 0 Å². The maximum absolute atomic E-state index is 12.6. The summed E-state index contributed by atoms with van der Waals surface area (Å²) in [7, 11) is 0.